The lowest BCUT2D eigenvalue weighted by Gasteiger charge is -2.29. The van der Waals surface area contributed by atoms with Gasteiger partial charge in [0.2, 0.25) is 23.6 Å². The van der Waals surface area contributed by atoms with Crippen molar-refractivity contribution >= 4 is 41.3 Å². The molecule has 4 atom stereocenters. The molecule has 226 valence electrons. The van der Waals surface area contributed by atoms with Gasteiger partial charge in [-0.1, -0.05) is 50.2 Å². The normalized spacial score (nSPS) is 22.7. The summed E-state index contributed by atoms with van der Waals surface area (Å²) in [6.45, 7) is 4.76. The maximum absolute atomic E-state index is 13.6. The quantitative estimate of drug-likeness (QED) is 0.375. The number of pyridine rings is 1. The Labute approximate surface area is 251 Å². The number of aromatic nitrogens is 1. The number of carbonyl (C=O) groups is 5. The Balaban J connectivity index is 2.00. The molecule has 1 aromatic carbocycles. The molecule has 12 heteroatoms. The Hall–Kier alpha value is -3.93. The summed E-state index contributed by atoms with van der Waals surface area (Å²) in [5.74, 6) is -2.21. The Bertz CT molecular complexity index is 1230. The van der Waals surface area contributed by atoms with Gasteiger partial charge in [0, 0.05) is 12.7 Å². The number of hydrogen-bond donors (Lipinski definition) is 4. The third-order valence-electron chi connectivity index (χ3n) is 6.88. The lowest BCUT2D eigenvalue weighted by atomic mass is 10.0. The lowest BCUT2D eigenvalue weighted by Crippen LogP contribution is -2.57. The number of thioether (sulfide) groups is 1. The van der Waals surface area contributed by atoms with Crippen molar-refractivity contribution in [1.29, 1.82) is 0 Å². The summed E-state index contributed by atoms with van der Waals surface area (Å²) in [5, 5.41) is 11.2. The minimum atomic E-state index is -0.948. The van der Waals surface area contributed by atoms with Crippen molar-refractivity contribution in [2.24, 2.45) is 5.92 Å². The van der Waals surface area contributed by atoms with Crippen LogP contribution in [0, 0.1) is 5.92 Å². The van der Waals surface area contributed by atoms with Crippen molar-refractivity contribution in [3.8, 4) is 0 Å². The van der Waals surface area contributed by atoms with E-state index in [2.05, 4.69) is 26.3 Å². The van der Waals surface area contributed by atoms with Gasteiger partial charge in [-0.15, -0.1) is 0 Å². The van der Waals surface area contributed by atoms with Crippen molar-refractivity contribution in [3.05, 3.63) is 66.0 Å². The molecule has 2 heterocycles. The number of amides is 5. The average Bonchev–Trinajstić information content (AvgIpc) is 2.97. The predicted octanol–water partition coefficient (Wildman–Crippen LogP) is 1.15. The lowest BCUT2D eigenvalue weighted by molar-refractivity contribution is -0.134. The average molecular weight is 597 g/mol. The van der Waals surface area contributed by atoms with Gasteiger partial charge in [-0.05, 0) is 55.4 Å². The van der Waals surface area contributed by atoms with Gasteiger partial charge < -0.3 is 26.2 Å². The van der Waals surface area contributed by atoms with E-state index < -0.39 is 53.7 Å². The molecule has 1 aliphatic heterocycles. The van der Waals surface area contributed by atoms with Gasteiger partial charge in [0.25, 0.3) is 5.91 Å². The SMILES string of the molecule is CSCC[C@@H]1NC(=O)[C@H](C(C)C)NC(=O)CN(C(=O)c2ccccn2)C[C@@H](Cc2ccccc2)NC(=O)[C@H](C)NC1=O. The Morgan fingerprint density at radius 1 is 0.952 bits per heavy atom. The fourth-order valence-electron chi connectivity index (χ4n) is 4.60. The fourth-order valence-corrected chi connectivity index (χ4v) is 5.07. The second-order valence-electron chi connectivity index (χ2n) is 10.7. The van der Waals surface area contributed by atoms with Crippen molar-refractivity contribution in [2.75, 3.05) is 25.1 Å². The maximum atomic E-state index is 13.6. The third-order valence-corrected chi connectivity index (χ3v) is 7.52. The Morgan fingerprint density at radius 2 is 1.67 bits per heavy atom. The fraction of sp³-hybridized carbons (Fsp3) is 0.467. The first-order valence-electron chi connectivity index (χ1n) is 14.0. The van der Waals surface area contributed by atoms with E-state index in [-0.39, 0.29) is 24.7 Å². The standard InChI is InChI=1S/C30H40N6O5S/c1-19(2)26-29(40)34-23(13-15-42-4)28(39)32-20(3)27(38)33-22(16-21-10-6-5-7-11-21)17-36(18-25(37)35-26)30(41)24-12-8-9-14-31-24/h5-12,14,19-20,22-23,26H,13,15-18H2,1-4H3,(H,32,39)(H,33,38)(H,34,40)(H,35,37)/t20-,22+,23-,26-/m0/s1. The van der Waals surface area contributed by atoms with Crippen LogP contribution >= 0.6 is 11.8 Å². The van der Waals surface area contributed by atoms with Gasteiger partial charge in [-0.3, -0.25) is 29.0 Å². The van der Waals surface area contributed by atoms with Crippen LogP contribution in [0.2, 0.25) is 0 Å². The van der Waals surface area contributed by atoms with Crippen molar-refractivity contribution in [3.63, 3.8) is 0 Å². The van der Waals surface area contributed by atoms with Gasteiger partial charge in [0.05, 0.1) is 12.6 Å². The summed E-state index contributed by atoms with van der Waals surface area (Å²) in [4.78, 5) is 72.3. The monoisotopic (exact) mass is 596 g/mol. The number of nitrogens with one attached hydrogen (secondary N) is 4. The van der Waals surface area contributed by atoms with E-state index in [1.54, 1.807) is 39.0 Å². The van der Waals surface area contributed by atoms with Crippen LogP contribution in [0.1, 0.15) is 43.2 Å². The zero-order valence-corrected chi connectivity index (χ0v) is 25.3. The molecule has 0 bridgehead atoms. The summed E-state index contributed by atoms with van der Waals surface area (Å²) in [6.07, 6.45) is 4.09. The van der Waals surface area contributed by atoms with E-state index in [1.807, 2.05) is 36.6 Å². The van der Waals surface area contributed by atoms with Gasteiger partial charge in [0.15, 0.2) is 0 Å². The molecule has 1 aliphatic rings. The topological polar surface area (TPSA) is 150 Å². The van der Waals surface area contributed by atoms with E-state index >= 15 is 0 Å². The van der Waals surface area contributed by atoms with Crippen LogP contribution in [0.3, 0.4) is 0 Å². The molecule has 42 heavy (non-hydrogen) atoms. The molecule has 0 unspecified atom stereocenters. The maximum Gasteiger partial charge on any atom is 0.272 e. The van der Waals surface area contributed by atoms with Gasteiger partial charge >= 0.3 is 0 Å². The van der Waals surface area contributed by atoms with Gasteiger partial charge in [-0.2, -0.15) is 11.8 Å². The van der Waals surface area contributed by atoms with E-state index in [0.29, 0.717) is 18.6 Å². The first kappa shape index (κ1) is 32.6. The molecule has 0 aliphatic carbocycles. The van der Waals surface area contributed by atoms with Crippen LogP contribution in [0.15, 0.2) is 54.7 Å². The van der Waals surface area contributed by atoms with Crippen LogP contribution in [0.5, 0.6) is 0 Å². The van der Waals surface area contributed by atoms with E-state index in [4.69, 9.17) is 0 Å². The largest absolute Gasteiger partial charge is 0.349 e. The van der Waals surface area contributed by atoms with Crippen LogP contribution in [0.4, 0.5) is 0 Å². The third kappa shape index (κ3) is 9.57. The number of nitrogens with zero attached hydrogens (tertiary/aromatic N) is 2. The van der Waals surface area contributed by atoms with Crippen molar-refractivity contribution < 1.29 is 24.0 Å². The highest BCUT2D eigenvalue weighted by Gasteiger charge is 2.32. The molecule has 0 radical (unpaired) electrons. The van der Waals surface area contributed by atoms with E-state index in [9.17, 15) is 24.0 Å². The highest BCUT2D eigenvalue weighted by atomic mass is 32.2. The molecule has 1 fully saturated rings. The number of rotatable bonds is 7. The second-order valence-corrected chi connectivity index (χ2v) is 11.6. The van der Waals surface area contributed by atoms with Crippen molar-refractivity contribution in [2.45, 2.75) is 57.8 Å². The summed E-state index contributed by atoms with van der Waals surface area (Å²) >= 11 is 1.52. The summed E-state index contributed by atoms with van der Waals surface area (Å²) in [7, 11) is 0. The highest BCUT2D eigenvalue weighted by molar-refractivity contribution is 7.98. The minimum Gasteiger partial charge on any atom is -0.349 e. The summed E-state index contributed by atoms with van der Waals surface area (Å²) < 4.78 is 0. The molecule has 2 aromatic rings. The van der Waals surface area contributed by atoms with E-state index in [1.165, 1.54) is 22.9 Å². The summed E-state index contributed by atoms with van der Waals surface area (Å²) in [5.41, 5.74) is 1.06. The van der Waals surface area contributed by atoms with Crippen LogP contribution in [0.25, 0.3) is 0 Å². The molecule has 0 spiro atoms. The first-order valence-corrected chi connectivity index (χ1v) is 15.4. The van der Waals surface area contributed by atoms with E-state index in [0.717, 1.165) is 5.56 Å². The van der Waals surface area contributed by atoms with Crippen molar-refractivity contribution in [1.82, 2.24) is 31.2 Å². The molecular formula is C30H40N6O5S. The molecule has 4 N–H and O–H groups in total. The zero-order valence-electron chi connectivity index (χ0n) is 24.5. The molecule has 0 saturated carbocycles. The van der Waals surface area contributed by atoms with Crippen LogP contribution < -0.4 is 21.3 Å². The van der Waals surface area contributed by atoms with Crippen LogP contribution in [-0.2, 0) is 25.6 Å². The number of carbonyl (C=O) groups excluding carboxylic acids is 5. The molecule has 5 amide bonds. The molecular weight excluding hydrogens is 556 g/mol. The summed E-state index contributed by atoms with van der Waals surface area (Å²) in [6, 6.07) is 11.0. The Kier molecular flexibility index (Phi) is 12.3. The smallest absolute Gasteiger partial charge is 0.272 e. The first-order chi connectivity index (χ1) is 20.1. The number of benzene rings is 1. The molecule has 11 nitrogen and oxygen atoms in total. The zero-order chi connectivity index (χ0) is 30.6. The van der Waals surface area contributed by atoms with Crippen LogP contribution in [-0.4, -0.2) is 88.7 Å². The highest BCUT2D eigenvalue weighted by Crippen LogP contribution is 2.11. The van der Waals surface area contributed by atoms with Gasteiger partial charge in [0.1, 0.15) is 23.8 Å². The molecule has 1 aromatic heterocycles. The predicted molar refractivity (Wildman–Crippen MR) is 162 cm³/mol. The molecule has 3 rings (SSSR count). The van der Waals surface area contributed by atoms with Gasteiger partial charge in [-0.25, -0.2) is 0 Å². The Morgan fingerprint density at radius 3 is 2.31 bits per heavy atom. The number of hydrogen-bond acceptors (Lipinski definition) is 7. The second kappa shape index (κ2) is 15.9. The minimum absolute atomic E-state index is 0.0149. The molecule has 1 saturated heterocycles.